The maximum atomic E-state index is 5.76. The molecule has 0 saturated heterocycles. The molecule has 0 atom stereocenters. The van der Waals surface area contributed by atoms with E-state index in [1.54, 1.807) is 12.1 Å². The van der Waals surface area contributed by atoms with Crippen LogP contribution in [0.4, 0.5) is 5.69 Å². The fourth-order valence-corrected chi connectivity index (χ4v) is 1.36. The Morgan fingerprint density at radius 1 is 1.33 bits per heavy atom. The second-order valence-electron chi connectivity index (χ2n) is 3.03. The van der Waals surface area contributed by atoms with Gasteiger partial charge in [0.2, 0.25) is 0 Å². The minimum absolute atomic E-state index is 0.361. The van der Waals surface area contributed by atoms with Gasteiger partial charge in [-0.15, -0.1) is 0 Å². The average Bonchev–Trinajstić information content (AvgIpc) is 2.86. The first-order valence-corrected chi connectivity index (χ1v) is 4.34. The lowest BCUT2D eigenvalue weighted by Crippen LogP contribution is -1.93. The summed E-state index contributed by atoms with van der Waals surface area (Å²) < 4.78 is 6.91. The molecular weight excluding hydrogens is 194 g/mol. The Kier molecular flexibility index (Phi) is 1.49. The summed E-state index contributed by atoms with van der Waals surface area (Å²) >= 11 is 0. The summed E-state index contributed by atoms with van der Waals surface area (Å²) in [6, 6.07) is 5.75. The van der Waals surface area contributed by atoms with Crippen molar-refractivity contribution in [2.45, 2.75) is 0 Å². The molecule has 0 radical (unpaired) electrons. The summed E-state index contributed by atoms with van der Waals surface area (Å²) in [7, 11) is 0. The van der Waals surface area contributed by atoms with Crippen LogP contribution in [0.2, 0.25) is 0 Å². The smallest absolute Gasteiger partial charge is 0.325 e. The van der Waals surface area contributed by atoms with Gasteiger partial charge >= 0.3 is 6.01 Å². The topological polar surface area (TPSA) is 82.8 Å². The highest BCUT2D eigenvalue weighted by Crippen LogP contribution is 2.22. The number of fused-ring (bicyclic) bond motifs is 1. The van der Waals surface area contributed by atoms with Crippen LogP contribution >= 0.6 is 0 Å². The van der Waals surface area contributed by atoms with Gasteiger partial charge in [-0.05, 0) is 12.1 Å². The predicted octanol–water partition coefficient (Wildman–Crippen LogP) is 0.991. The molecule has 2 N–H and O–H groups in total. The summed E-state index contributed by atoms with van der Waals surface area (Å²) in [5.41, 5.74) is 7.62. The average molecular weight is 201 g/mol. The van der Waals surface area contributed by atoms with E-state index in [0.29, 0.717) is 22.8 Å². The lowest BCUT2D eigenvalue weighted by molar-refractivity contribution is 0.542. The predicted molar refractivity (Wildman–Crippen MR) is 53.3 cm³/mol. The molecular formula is C9H7N5O. The van der Waals surface area contributed by atoms with Crippen LogP contribution in [-0.4, -0.2) is 19.7 Å². The highest BCUT2D eigenvalue weighted by molar-refractivity contribution is 5.85. The van der Waals surface area contributed by atoms with E-state index in [9.17, 15) is 0 Å². The molecule has 2 heterocycles. The Labute approximate surface area is 84.4 Å². The third-order valence-corrected chi connectivity index (χ3v) is 2.05. The number of benzene rings is 1. The van der Waals surface area contributed by atoms with Crippen LogP contribution in [0.25, 0.3) is 17.1 Å². The standard InChI is InChI=1S/C9H7N5O/c10-6-2-1-3-7-8(6)13-9(15-7)14-5-11-4-12-14/h1-5H,10H2. The molecule has 74 valence electrons. The number of oxazole rings is 1. The van der Waals surface area contributed by atoms with Gasteiger partial charge in [0.05, 0.1) is 5.69 Å². The molecule has 0 spiro atoms. The molecule has 0 aliphatic carbocycles. The second kappa shape index (κ2) is 2.81. The van der Waals surface area contributed by atoms with Crippen LogP contribution in [-0.2, 0) is 0 Å². The zero-order chi connectivity index (χ0) is 10.3. The molecule has 1 aromatic carbocycles. The van der Waals surface area contributed by atoms with Gasteiger partial charge in [-0.25, -0.2) is 4.98 Å². The molecule has 2 aromatic heterocycles. The van der Waals surface area contributed by atoms with Gasteiger partial charge in [-0.1, -0.05) is 6.07 Å². The fourth-order valence-electron chi connectivity index (χ4n) is 1.36. The maximum absolute atomic E-state index is 5.76. The first-order chi connectivity index (χ1) is 7.34. The molecule has 15 heavy (non-hydrogen) atoms. The molecule has 3 aromatic rings. The number of para-hydroxylation sites is 1. The lowest BCUT2D eigenvalue weighted by atomic mass is 10.3. The van der Waals surface area contributed by atoms with Gasteiger partial charge in [0, 0.05) is 0 Å². The van der Waals surface area contributed by atoms with E-state index in [1.807, 2.05) is 6.07 Å². The third-order valence-electron chi connectivity index (χ3n) is 2.05. The Balaban J connectivity index is 2.27. The minimum Gasteiger partial charge on any atom is -0.422 e. The first kappa shape index (κ1) is 7.98. The summed E-state index contributed by atoms with van der Waals surface area (Å²) in [6.07, 6.45) is 2.93. The molecule has 3 rings (SSSR count). The summed E-state index contributed by atoms with van der Waals surface area (Å²) in [5, 5.41) is 3.92. The van der Waals surface area contributed by atoms with E-state index in [1.165, 1.54) is 17.3 Å². The van der Waals surface area contributed by atoms with Crippen molar-refractivity contribution in [1.29, 1.82) is 0 Å². The van der Waals surface area contributed by atoms with E-state index >= 15 is 0 Å². The highest BCUT2D eigenvalue weighted by atomic mass is 16.4. The van der Waals surface area contributed by atoms with Crippen LogP contribution in [0.15, 0.2) is 35.3 Å². The molecule has 0 bridgehead atoms. The van der Waals surface area contributed by atoms with Crippen molar-refractivity contribution >= 4 is 16.8 Å². The number of hydrogen-bond acceptors (Lipinski definition) is 5. The zero-order valence-electron chi connectivity index (χ0n) is 7.66. The van der Waals surface area contributed by atoms with Crippen LogP contribution in [0, 0.1) is 0 Å². The van der Waals surface area contributed by atoms with Gasteiger partial charge in [0.1, 0.15) is 18.2 Å². The van der Waals surface area contributed by atoms with Crippen LogP contribution < -0.4 is 5.73 Å². The molecule has 0 saturated carbocycles. The second-order valence-corrected chi connectivity index (χ2v) is 3.03. The summed E-state index contributed by atoms with van der Waals surface area (Å²) in [6.45, 7) is 0. The van der Waals surface area contributed by atoms with E-state index in [0.717, 1.165) is 0 Å². The number of aromatic nitrogens is 4. The van der Waals surface area contributed by atoms with Crippen molar-refractivity contribution in [2.24, 2.45) is 0 Å². The van der Waals surface area contributed by atoms with Gasteiger partial charge in [-0.3, -0.25) is 0 Å². The van der Waals surface area contributed by atoms with Crippen molar-refractivity contribution in [3.8, 4) is 6.01 Å². The van der Waals surface area contributed by atoms with E-state index in [2.05, 4.69) is 15.1 Å². The molecule has 0 amide bonds. The van der Waals surface area contributed by atoms with Crippen molar-refractivity contribution in [3.63, 3.8) is 0 Å². The highest BCUT2D eigenvalue weighted by Gasteiger charge is 2.09. The largest absolute Gasteiger partial charge is 0.422 e. The third kappa shape index (κ3) is 1.15. The molecule has 6 nitrogen and oxygen atoms in total. The minimum atomic E-state index is 0.361. The molecule has 0 aliphatic heterocycles. The van der Waals surface area contributed by atoms with Crippen LogP contribution in [0.5, 0.6) is 0 Å². The SMILES string of the molecule is Nc1cccc2oc(-n3cncn3)nc12. The number of rotatable bonds is 1. The normalized spacial score (nSPS) is 10.9. The summed E-state index contributed by atoms with van der Waals surface area (Å²) in [5.74, 6) is 0. The molecule has 0 fully saturated rings. The number of nitrogen functional groups attached to an aromatic ring is 1. The van der Waals surface area contributed by atoms with Gasteiger partial charge in [0.25, 0.3) is 0 Å². The number of nitrogens with two attached hydrogens (primary N) is 1. The Morgan fingerprint density at radius 2 is 2.27 bits per heavy atom. The van der Waals surface area contributed by atoms with Gasteiger partial charge in [0.15, 0.2) is 5.58 Å². The summed E-state index contributed by atoms with van der Waals surface area (Å²) in [4.78, 5) is 8.04. The fraction of sp³-hybridized carbons (Fsp3) is 0. The van der Waals surface area contributed by atoms with Crippen LogP contribution in [0.1, 0.15) is 0 Å². The Hall–Kier alpha value is -2.37. The Morgan fingerprint density at radius 3 is 3.00 bits per heavy atom. The van der Waals surface area contributed by atoms with Crippen molar-refractivity contribution in [1.82, 2.24) is 19.7 Å². The number of nitrogens with zero attached hydrogens (tertiary/aromatic N) is 4. The van der Waals surface area contributed by atoms with Crippen molar-refractivity contribution in [2.75, 3.05) is 5.73 Å². The molecule has 6 heteroatoms. The van der Waals surface area contributed by atoms with Crippen molar-refractivity contribution in [3.05, 3.63) is 30.9 Å². The van der Waals surface area contributed by atoms with E-state index in [-0.39, 0.29) is 0 Å². The Bertz CT molecular complexity index is 598. The van der Waals surface area contributed by atoms with E-state index < -0.39 is 0 Å². The van der Waals surface area contributed by atoms with Crippen LogP contribution in [0.3, 0.4) is 0 Å². The van der Waals surface area contributed by atoms with E-state index in [4.69, 9.17) is 10.2 Å². The van der Waals surface area contributed by atoms with Gasteiger partial charge in [-0.2, -0.15) is 14.8 Å². The quantitative estimate of drug-likeness (QED) is 0.593. The van der Waals surface area contributed by atoms with Crippen molar-refractivity contribution < 1.29 is 4.42 Å². The lowest BCUT2D eigenvalue weighted by Gasteiger charge is -1.88. The van der Waals surface area contributed by atoms with Gasteiger partial charge < -0.3 is 10.2 Å². The molecule has 0 unspecified atom stereocenters. The number of anilines is 1. The number of hydrogen-bond donors (Lipinski definition) is 1. The zero-order valence-corrected chi connectivity index (χ0v) is 7.66. The first-order valence-electron chi connectivity index (χ1n) is 4.34. The monoisotopic (exact) mass is 201 g/mol. The maximum Gasteiger partial charge on any atom is 0.325 e. The molecule has 0 aliphatic rings.